The van der Waals surface area contributed by atoms with Crippen molar-refractivity contribution in [3.8, 4) is 11.5 Å². The van der Waals surface area contributed by atoms with Gasteiger partial charge in [0.1, 0.15) is 0 Å². The van der Waals surface area contributed by atoms with E-state index >= 15 is 0 Å². The number of hydrogen-bond acceptors (Lipinski definition) is 3. The second-order valence-corrected chi connectivity index (χ2v) is 7.44. The molecule has 1 aliphatic heterocycles. The number of benzene rings is 1. The van der Waals surface area contributed by atoms with E-state index in [1.807, 2.05) is 0 Å². The van der Waals surface area contributed by atoms with E-state index in [0.717, 1.165) is 16.0 Å². The summed E-state index contributed by atoms with van der Waals surface area (Å²) in [7, 11) is 0. The lowest BCUT2D eigenvalue weighted by Crippen LogP contribution is -2.38. The van der Waals surface area contributed by atoms with E-state index in [1.54, 1.807) is 0 Å². The van der Waals surface area contributed by atoms with Gasteiger partial charge in [-0.2, -0.15) is 0 Å². The average molecular weight is 354 g/mol. The Labute approximate surface area is 135 Å². The highest BCUT2D eigenvalue weighted by molar-refractivity contribution is 9.10. The molecule has 21 heavy (non-hydrogen) atoms. The van der Waals surface area contributed by atoms with Crippen LogP contribution in [0.3, 0.4) is 0 Å². The molecule has 0 saturated heterocycles. The molecule has 0 spiro atoms. The van der Waals surface area contributed by atoms with Gasteiger partial charge in [-0.25, -0.2) is 0 Å². The summed E-state index contributed by atoms with van der Waals surface area (Å²) in [4.78, 5) is 0. The second-order valence-electron chi connectivity index (χ2n) is 6.58. The number of nitrogens with two attached hydrogens (primary N) is 1. The minimum atomic E-state index is 0.0986. The van der Waals surface area contributed by atoms with Crippen LogP contribution >= 0.6 is 15.9 Å². The fraction of sp³-hybridized carbons (Fsp3) is 0.647. The summed E-state index contributed by atoms with van der Waals surface area (Å²) in [5.74, 6) is 2.17. The van der Waals surface area contributed by atoms with Crippen LogP contribution in [0, 0.1) is 0 Å². The van der Waals surface area contributed by atoms with Crippen molar-refractivity contribution in [3.05, 3.63) is 21.7 Å². The van der Waals surface area contributed by atoms with E-state index < -0.39 is 0 Å². The summed E-state index contributed by atoms with van der Waals surface area (Å²) in [5, 5.41) is 0. The highest BCUT2D eigenvalue weighted by Gasteiger charge is 2.38. The highest BCUT2D eigenvalue weighted by Crippen LogP contribution is 2.51. The Bertz CT molecular complexity index is 536. The Morgan fingerprint density at radius 2 is 1.86 bits per heavy atom. The van der Waals surface area contributed by atoms with Gasteiger partial charge >= 0.3 is 0 Å². The molecule has 116 valence electrons. The summed E-state index contributed by atoms with van der Waals surface area (Å²) < 4.78 is 12.4. The van der Waals surface area contributed by atoms with Gasteiger partial charge in [0.05, 0.1) is 4.47 Å². The van der Waals surface area contributed by atoms with Gasteiger partial charge in [0.25, 0.3) is 0 Å². The highest BCUT2D eigenvalue weighted by atomic mass is 79.9. The normalized spacial score (nSPS) is 20.0. The molecule has 0 radical (unpaired) electrons. The number of hydrogen-bond donors (Lipinski definition) is 1. The first kappa shape index (κ1) is 15.2. The minimum absolute atomic E-state index is 0.0986. The molecule has 1 aliphatic carbocycles. The van der Waals surface area contributed by atoms with Crippen LogP contribution in [0.25, 0.3) is 0 Å². The summed E-state index contributed by atoms with van der Waals surface area (Å²) in [5.41, 5.74) is 9.01. The van der Waals surface area contributed by atoms with Crippen LogP contribution in [-0.4, -0.2) is 13.3 Å². The van der Waals surface area contributed by atoms with Crippen LogP contribution in [0.2, 0.25) is 0 Å². The maximum Gasteiger partial charge on any atom is 0.231 e. The lowest BCUT2D eigenvalue weighted by Gasteiger charge is -2.39. The van der Waals surface area contributed by atoms with E-state index in [0.29, 0.717) is 19.3 Å². The first-order valence-electron chi connectivity index (χ1n) is 7.91. The van der Waals surface area contributed by atoms with Crippen molar-refractivity contribution in [3.63, 3.8) is 0 Å². The van der Waals surface area contributed by atoms with E-state index in [2.05, 4.69) is 35.8 Å². The molecule has 0 bridgehead atoms. The second kappa shape index (κ2) is 5.81. The van der Waals surface area contributed by atoms with E-state index in [4.69, 9.17) is 15.2 Å². The number of halogens is 1. The van der Waals surface area contributed by atoms with Gasteiger partial charge in [-0.1, -0.05) is 33.1 Å². The van der Waals surface area contributed by atoms with Gasteiger partial charge in [-0.15, -0.1) is 0 Å². The zero-order chi connectivity index (χ0) is 15.0. The standard InChI is InChI=1S/C17H24BrNO2/c1-11(2)14-12(17(9-19)6-4-3-5-7-17)8-13(18)15-16(14)21-10-20-15/h8,11H,3-7,9-10,19H2,1-2H3. The van der Waals surface area contributed by atoms with Gasteiger partial charge in [0.2, 0.25) is 6.79 Å². The molecular formula is C17H24BrNO2. The molecule has 2 aliphatic rings. The van der Waals surface area contributed by atoms with E-state index in [1.165, 1.54) is 43.2 Å². The molecule has 4 heteroatoms. The van der Waals surface area contributed by atoms with E-state index in [9.17, 15) is 0 Å². The van der Waals surface area contributed by atoms with Crippen molar-refractivity contribution in [2.24, 2.45) is 5.73 Å². The van der Waals surface area contributed by atoms with Crippen LogP contribution in [0.5, 0.6) is 11.5 Å². The molecule has 0 amide bonds. The molecule has 1 saturated carbocycles. The summed E-state index contributed by atoms with van der Waals surface area (Å²) in [6.07, 6.45) is 6.21. The first-order chi connectivity index (χ1) is 10.1. The van der Waals surface area contributed by atoms with Crippen molar-refractivity contribution >= 4 is 15.9 Å². The molecule has 0 atom stereocenters. The predicted octanol–water partition coefficient (Wildman–Crippen LogP) is 4.46. The van der Waals surface area contributed by atoms with Crippen LogP contribution in [0.15, 0.2) is 10.5 Å². The third kappa shape index (κ3) is 2.46. The van der Waals surface area contributed by atoms with Crippen LogP contribution in [-0.2, 0) is 5.41 Å². The molecule has 3 nitrogen and oxygen atoms in total. The smallest absolute Gasteiger partial charge is 0.231 e. The minimum Gasteiger partial charge on any atom is -0.453 e. The average Bonchev–Trinajstić information content (AvgIpc) is 2.97. The Kier molecular flexibility index (Phi) is 4.19. The Balaban J connectivity index is 2.19. The third-order valence-corrected chi connectivity index (χ3v) is 5.57. The number of rotatable bonds is 3. The van der Waals surface area contributed by atoms with Gasteiger partial charge in [0.15, 0.2) is 11.5 Å². The molecule has 2 N–H and O–H groups in total. The van der Waals surface area contributed by atoms with Crippen molar-refractivity contribution in [1.29, 1.82) is 0 Å². The topological polar surface area (TPSA) is 44.5 Å². The summed E-state index contributed by atoms with van der Waals surface area (Å²) in [6, 6.07) is 2.24. The van der Waals surface area contributed by atoms with Crippen LogP contribution in [0.4, 0.5) is 0 Å². The Hall–Kier alpha value is -0.740. The number of fused-ring (bicyclic) bond motifs is 1. The largest absolute Gasteiger partial charge is 0.453 e. The van der Waals surface area contributed by atoms with E-state index in [-0.39, 0.29) is 5.41 Å². The lowest BCUT2D eigenvalue weighted by atomic mass is 9.67. The first-order valence-corrected chi connectivity index (χ1v) is 8.71. The van der Waals surface area contributed by atoms with Crippen molar-refractivity contribution in [2.75, 3.05) is 13.3 Å². The monoisotopic (exact) mass is 353 g/mol. The fourth-order valence-electron chi connectivity index (χ4n) is 3.87. The summed E-state index contributed by atoms with van der Waals surface area (Å²) >= 11 is 3.66. The molecule has 1 fully saturated rings. The third-order valence-electron chi connectivity index (χ3n) is 4.99. The van der Waals surface area contributed by atoms with Gasteiger partial charge in [-0.3, -0.25) is 0 Å². The SMILES string of the molecule is CC(C)c1c(C2(CN)CCCCC2)cc(Br)c2c1OCO2. The maximum atomic E-state index is 6.25. The zero-order valence-corrected chi connectivity index (χ0v) is 14.5. The molecule has 1 heterocycles. The lowest BCUT2D eigenvalue weighted by molar-refractivity contribution is 0.172. The quantitative estimate of drug-likeness (QED) is 0.872. The number of ether oxygens (including phenoxy) is 2. The van der Waals surface area contributed by atoms with Crippen molar-refractivity contribution in [2.45, 2.75) is 57.3 Å². The molecular weight excluding hydrogens is 330 g/mol. The maximum absolute atomic E-state index is 6.25. The Morgan fingerprint density at radius 1 is 1.19 bits per heavy atom. The van der Waals surface area contributed by atoms with Gasteiger partial charge in [0, 0.05) is 17.5 Å². The van der Waals surface area contributed by atoms with Gasteiger partial charge < -0.3 is 15.2 Å². The van der Waals surface area contributed by atoms with Crippen molar-refractivity contribution in [1.82, 2.24) is 0 Å². The van der Waals surface area contributed by atoms with Crippen LogP contribution < -0.4 is 15.2 Å². The van der Waals surface area contributed by atoms with Crippen LogP contribution in [0.1, 0.15) is 63.0 Å². The predicted molar refractivity (Wildman–Crippen MR) is 88.2 cm³/mol. The fourth-order valence-corrected chi connectivity index (χ4v) is 4.40. The molecule has 0 unspecified atom stereocenters. The summed E-state index contributed by atoms with van der Waals surface area (Å²) in [6.45, 7) is 5.47. The molecule has 1 aromatic carbocycles. The zero-order valence-electron chi connectivity index (χ0n) is 12.9. The van der Waals surface area contributed by atoms with Gasteiger partial charge in [-0.05, 0) is 46.3 Å². The Morgan fingerprint density at radius 3 is 2.48 bits per heavy atom. The molecule has 0 aromatic heterocycles. The molecule has 3 rings (SSSR count). The molecule has 1 aromatic rings. The van der Waals surface area contributed by atoms with Crippen molar-refractivity contribution < 1.29 is 9.47 Å².